The summed E-state index contributed by atoms with van der Waals surface area (Å²) >= 11 is 0. The monoisotopic (exact) mass is 285 g/mol. The van der Waals surface area contributed by atoms with Crippen LogP contribution in [0.1, 0.15) is 0 Å². The van der Waals surface area contributed by atoms with Crippen molar-refractivity contribution in [2.24, 2.45) is 0 Å². The fourth-order valence-corrected chi connectivity index (χ4v) is 3.18. The van der Waals surface area contributed by atoms with Crippen molar-refractivity contribution in [1.29, 1.82) is 0 Å². The molecule has 2 fully saturated rings. The van der Waals surface area contributed by atoms with E-state index in [4.69, 9.17) is 10.5 Å². The van der Waals surface area contributed by atoms with Gasteiger partial charge in [0.1, 0.15) is 5.82 Å². The van der Waals surface area contributed by atoms with Gasteiger partial charge >= 0.3 is 0 Å². The van der Waals surface area contributed by atoms with Crippen LogP contribution in [0.3, 0.4) is 0 Å². The Morgan fingerprint density at radius 3 is 2.86 bits per heavy atom. The zero-order valence-electron chi connectivity index (χ0n) is 12.1. The molecule has 0 radical (unpaired) electrons. The number of benzene rings is 1. The van der Waals surface area contributed by atoms with Crippen LogP contribution in [-0.4, -0.2) is 60.3 Å². The lowest BCUT2D eigenvalue weighted by Gasteiger charge is -2.56. The Balaban J connectivity index is 1.61. The first-order valence-corrected chi connectivity index (χ1v) is 7.24. The molecule has 6 nitrogen and oxygen atoms in total. The lowest BCUT2D eigenvalue weighted by Crippen LogP contribution is -2.74. The van der Waals surface area contributed by atoms with Crippen molar-refractivity contribution < 1.29 is 4.74 Å². The molecule has 0 amide bonds. The maximum Gasteiger partial charge on any atom is 0.228 e. The highest BCUT2D eigenvalue weighted by Gasteiger charge is 2.49. The first-order chi connectivity index (χ1) is 10.2. The maximum absolute atomic E-state index is 6.06. The fourth-order valence-electron chi connectivity index (χ4n) is 3.18. The minimum absolute atomic E-state index is 0.113. The van der Waals surface area contributed by atoms with Crippen LogP contribution in [0.25, 0.3) is 10.9 Å². The number of nitrogens with zero attached hydrogens (tertiary/aromatic N) is 4. The van der Waals surface area contributed by atoms with Gasteiger partial charge in [-0.2, -0.15) is 4.98 Å². The van der Waals surface area contributed by atoms with E-state index >= 15 is 0 Å². The number of morpholine rings is 1. The van der Waals surface area contributed by atoms with E-state index in [0.29, 0.717) is 5.82 Å². The van der Waals surface area contributed by atoms with Crippen LogP contribution in [0.15, 0.2) is 24.3 Å². The summed E-state index contributed by atoms with van der Waals surface area (Å²) < 4.78 is 5.64. The van der Waals surface area contributed by atoms with Crippen LogP contribution in [0, 0.1) is 0 Å². The van der Waals surface area contributed by atoms with Gasteiger partial charge < -0.3 is 15.4 Å². The van der Waals surface area contributed by atoms with Crippen molar-refractivity contribution in [2.45, 2.75) is 5.54 Å². The van der Waals surface area contributed by atoms with Crippen molar-refractivity contribution in [2.75, 3.05) is 50.5 Å². The van der Waals surface area contributed by atoms with Crippen molar-refractivity contribution in [1.82, 2.24) is 14.9 Å². The molecule has 0 unspecified atom stereocenters. The van der Waals surface area contributed by atoms with E-state index in [2.05, 4.69) is 26.8 Å². The molecular weight excluding hydrogens is 266 g/mol. The van der Waals surface area contributed by atoms with Crippen LogP contribution in [0.2, 0.25) is 0 Å². The number of rotatable bonds is 1. The molecule has 0 aliphatic carbocycles. The molecule has 110 valence electrons. The molecule has 2 saturated heterocycles. The molecule has 21 heavy (non-hydrogen) atoms. The van der Waals surface area contributed by atoms with Crippen LogP contribution in [0.4, 0.5) is 11.8 Å². The van der Waals surface area contributed by atoms with E-state index in [1.807, 2.05) is 24.3 Å². The molecule has 3 heterocycles. The second-order valence-electron chi connectivity index (χ2n) is 5.98. The molecule has 0 saturated carbocycles. The normalized spacial score (nSPS) is 21.7. The largest absolute Gasteiger partial charge is 0.383 e. The van der Waals surface area contributed by atoms with Gasteiger partial charge in [0.15, 0.2) is 0 Å². The minimum atomic E-state index is 0.113. The lowest BCUT2D eigenvalue weighted by molar-refractivity contribution is -0.0694. The highest BCUT2D eigenvalue weighted by Crippen LogP contribution is 2.33. The summed E-state index contributed by atoms with van der Waals surface area (Å²) in [6, 6.07) is 7.85. The van der Waals surface area contributed by atoms with E-state index in [1.165, 1.54) is 0 Å². The molecule has 1 aromatic heterocycles. The van der Waals surface area contributed by atoms with Gasteiger partial charge in [0, 0.05) is 25.0 Å². The SMILES string of the molecule is CN1CCOCC12CN(c1nc(N)c3ccccc3n1)C2. The number of hydrogen-bond donors (Lipinski definition) is 1. The van der Waals surface area contributed by atoms with Gasteiger partial charge in [-0.25, -0.2) is 4.98 Å². The summed E-state index contributed by atoms with van der Waals surface area (Å²) in [7, 11) is 2.16. The number of ether oxygens (including phenoxy) is 1. The summed E-state index contributed by atoms with van der Waals surface area (Å²) in [5.74, 6) is 1.26. The molecule has 2 aromatic rings. The number of hydrogen-bond acceptors (Lipinski definition) is 6. The Bertz CT molecular complexity index is 683. The third-order valence-electron chi connectivity index (χ3n) is 4.63. The highest BCUT2D eigenvalue weighted by molar-refractivity contribution is 5.88. The number of para-hydroxylation sites is 1. The van der Waals surface area contributed by atoms with Crippen molar-refractivity contribution in [3.8, 4) is 0 Å². The first-order valence-electron chi connectivity index (χ1n) is 7.24. The van der Waals surface area contributed by atoms with Gasteiger partial charge in [-0.3, -0.25) is 4.90 Å². The minimum Gasteiger partial charge on any atom is -0.383 e. The molecule has 2 aliphatic rings. The topological polar surface area (TPSA) is 67.5 Å². The summed E-state index contributed by atoms with van der Waals surface area (Å²) in [4.78, 5) is 13.7. The Morgan fingerprint density at radius 2 is 2.05 bits per heavy atom. The number of anilines is 2. The number of aromatic nitrogens is 2. The fraction of sp³-hybridized carbons (Fsp3) is 0.467. The lowest BCUT2D eigenvalue weighted by atomic mass is 9.88. The summed E-state index contributed by atoms with van der Waals surface area (Å²) in [5.41, 5.74) is 7.07. The first kappa shape index (κ1) is 12.8. The molecule has 2 N–H and O–H groups in total. The van der Waals surface area contributed by atoms with Crippen LogP contribution >= 0.6 is 0 Å². The Morgan fingerprint density at radius 1 is 1.24 bits per heavy atom. The van der Waals surface area contributed by atoms with E-state index < -0.39 is 0 Å². The second kappa shape index (κ2) is 4.54. The van der Waals surface area contributed by atoms with E-state index in [0.717, 1.165) is 49.7 Å². The number of nitrogens with two attached hydrogens (primary N) is 1. The van der Waals surface area contributed by atoms with Crippen LogP contribution in [-0.2, 0) is 4.74 Å². The smallest absolute Gasteiger partial charge is 0.228 e. The molecule has 0 bridgehead atoms. The van der Waals surface area contributed by atoms with Gasteiger partial charge in [-0.15, -0.1) is 0 Å². The average Bonchev–Trinajstić information content (AvgIpc) is 2.45. The van der Waals surface area contributed by atoms with Gasteiger partial charge in [0.25, 0.3) is 0 Å². The van der Waals surface area contributed by atoms with E-state index in [9.17, 15) is 0 Å². The maximum atomic E-state index is 6.06. The van der Waals surface area contributed by atoms with E-state index in [-0.39, 0.29) is 5.54 Å². The van der Waals surface area contributed by atoms with Gasteiger partial charge in [0.2, 0.25) is 5.95 Å². The third-order valence-corrected chi connectivity index (χ3v) is 4.63. The Labute approximate surface area is 123 Å². The molecule has 2 aliphatic heterocycles. The van der Waals surface area contributed by atoms with E-state index in [1.54, 1.807) is 0 Å². The van der Waals surface area contributed by atoms with Crippen molar-refractivity contribution in [3.05, 3.63) is 24.3 Å². The van der Waals surface area contributed by atoms with Crippen molar-refractivity contribution >= 4 is 22.7 Å². The quantitative estimate of drug-likeness (QED) is 0.833. The zero-order chi connectivity index (χ0) is 14.4. The van der Waals surface area contributed by atoms with Crippen LogP contribution < -0.4 is 10.6 Å². The molecule has 1 spiro atoms. The molecule has 6 heteroatoms. The zero-order valence-corrected chi connectivity index (χ0v) is 12.1. The predicted octanol–water partition coefficient (Wildman–Crippen LogP) is 0.733. The Hall–Kier alpha value is -1.92. The molecule has 0 atom stereocenters. The summed E-state index contributed by atoms with van der Waals surface area (Å²) in [5, 5.41) is 0.912. The van der Waals surface area contributed by atoms with Gasteiger partial charge in [-0.05, 0) is 19.2 Å². The highest BCUT2D eigenvalue weighted by atomic mass is 16.5. The summed E-state index contributed by atoms with van der Waals surface area (Å²) in [6.45, 7) is 4.36. The Kier molecular flexibility index (Phi) is 2.77. The standard InChI is InChI=1S/C15H19N5O/c1-19-6-7-21-10-15(19)8-20(9-15)14-17-12-5-3-2-4-11(12)13(16)18-14/h2-5H,6-10H2,1H3,(H2,16,17,18). The number of nitrogen functional groups attached to an aromatic ring is 1. The second-order valence-corrected chi connectivity index (χ2v) is 5.98. The van der Waals surface area contributed by atoms with Gasteiger partial charge in [0.05, 0.1) is 24.3 Å². The average molecular weight is 285 g/mol. The van der Waals surface area contributed by atoms with Crippen LogP contribution in [0.5, 0.6) is 0 Å². The third kappa shape index (κ3) is 1.94. The number of likely N-dealkylation sites (N-methyl/N-ethyl adjacent to an activating group) is 1. The predicted molar refractivity (Wildman–Crippen MR) is 82.3 cm³/mol. The molecule has 4 rings (SSSR count). The number of fused-ring (bicyclic) bond motifs is 1. The van der Waals surface area contributed by atoms with Crippen molar-refractivity contribution in [3.63, 3.8) is 0 Å². The van der Waals surface area contributed by atoms with Gasteiger partial charge in [-0.1, -0.05) is 12.1 Å². The molecule has 1 aromatic carbocycles. The summed E-state index contributed by atoms with van der Waals surface area (Å²) in [6.07, 6.45) is 0. The molecular formula is C15H19N5O.